The molecular weight excluding hydrogens is 317 g/mol. The molecule has 0 saturated carbocycles. The molecule has 1 amide bonds. The zero-order valence-corrected chi connectivity index (χ0v) is 14.5. The molecular formula is C20H24FN3O. The first-order valence-electron chi connectivity index (χ1n) is 8.70. The van der Waals surface area contributed by atoms with E-state index >= 15 is 0 Å². The van der Waals surface area contributed by atoms with Crippen LogP contribution in [0.5, 0.6) is 0 Å². The molecule has 3 rings (SSSR count). The molecule has 0 bridgehead atoms. The van der Waals surface area contributed by atoms with E-state index in [2.05, 4.69) is 15.1 Å². The van der Waals surface area contributed by atoms with Crippen LogP contribution in [0.3, 0.4) is 0 Å². The van der Waals surface area contributed by atoms with Gasteiger partial charge >= 0.3 is 0 Å². The van der Waals surface area contributed by atoms with Crippen molar-refractivity contribution in [1.29, 1.82) is 0 Å². The highest BCUT2D eigenvalue weighted by molar-refractivity contribution is 5.95. The van der Waals surface area contributed by atoms with Gasteiger partial charge in [0.25, 0.3) is 5.91 Å². The number of aryl methyl sites for hydroxylation is 1. The summed E-state index contributed by atoms with van der Waals surface area (Å²) in [7, 11) is 0. The lowest BCUT2D eigenvalue weighted by atomic mass is 10.1. The number of rotatable bonds is 5. The quantitative estimate of drug-likeness (QED) is 0.908. The highest BCUT2D eigenvalue weighted by Gasteiger charge is 2.17. The Kier molecular flexibility index (Phi) is 5.66. The number of anilines is 1. The third kappa shape index (κ3) is 4.57. The number of hydrogen-bond donors (Lipinski definition) is 1. The average molecular weight is 341 g/mol. The van der Waals surface area contributed by atoms with Gasteiger partial charge in [-0.25, -0.2) is 4.39 Å². The lowest BCUT2D eigenvalue weighted by molar-refractivity contribution is 0.0947. The second-order valence-electron chi connectivity index (χ2n) is 6.38. The zero-order valence-electron chi connectivity index (χ0n) is 14.5. The maximum Gasteiger partial charge on any atom is 0.251 e. The van der Waals surface area contributed by atoms with Crippen LogP contribution in [0.2, 0.25) is 0 Å². The van der Waals surface area contributed by atoms with Crippen LogP contribution in [0, 0.1) is 12.7 Å². The Morgan fingerprint density at radius 2 is 1.72 bits per heavy atom. The average Bonchev–Trinajstić information content (AvgIpc) is 2.63. The van der Waals surface area contributed by atoms with E-state index in [-0.39, 0.29) is 11.7 Å². The normalized spacial score (nSPS) is 15.2. The number of piperazine rings is 1. The summed E-state index contributed by atoms with van der Waals surface area (Å²) < 4.78 is 13.0. The van der Waals surface area contributed by atoms with E-state index in [1.807, 2.05) is 43.3 Å². The Morgan fingerprint density at radius 3 is 2.40 bits per heavy atom. The van der Waals surface area contributed by atoms with Crippen molar-refractivity contribution in [3.05, 3.63) is 65.5 Å². The molecule has 1 aliphatic rings. The standard InChI is InChI=1S/C20H24FN3O/c1-16-4-2-3-5-19(16)20(25)22-10-11-23-12-14-24(15-13-23)18-8-6-17(21)7-9-18/h2-9H,10-15H2,1H3,(H,22,25). The predicted octanol–water partition coefficient (Wildman–Crippen LogP) is 2.69. The Morgan fingerprint density at radius 1 is 1.04 bits per heavy atom. The fourth-order valence-electron chi connectivity index (χ4n) is 3.13. The number of carbonyl (C=O) groups is 1. The summed E-state index contributed by atoms with van der Waals surface area (Å²) in [5.41, 5.74) is 2.80. The molecule has 4 nitrogen and oxygen atoms in total. The molecule has 1 fully saturated rings. The monoisotopic (exact) mass is 341 g/mol. The van der Waals surface area contributed by atoms with Crippen LogP contribution in [-0.4, -0.2) is 50.1 Å². The lowest BCUT2D eigenvalue weighted by Crippen LogP contribution is -2.48. The maximum atomic E-state index is 13.0. The molecule has 0 spiro atoms. The number of halogens is 1. The summed E-state index contributed by atoms with van der Waals surface area (Å²) in [4.78, 5) is 16.8. The molecule has 2 aromatic carbocycles. The lowest BCUT2D eigenvalue weighted by Gasteiger charge is -2.36. The summed E-state index contributed by atoms with van der Waals surface area (Å²) >= 11 is 0. The number of hydrogen-bond acceptors (Lipinski definition) is 3. The molecule has 25 heavy (non-hydrogen) atoms. The van der Waals surface area contributed by atoms with Gasteiger partial charge in [0.05, 0.1) is 0 Å². The van der Waals surface area contributed by atoms with E-state index in [0.717, 1.165) is 49.5 Å². The summed E-state index contributed by atoms with van der Waals surface area (Å²) in [5, 5.41) is 3.00. The molecule has 0 radical (unpaired) electrons. The summed E-state index contributed by atoms with van der Waals surface area (Å²) in [6.07, 6.45) is 0. The van der Waals surface area contributed by atoms with Gasteiger partial charge in [-0.1, -0.05) is 18.2 Å². The molecule has 2 aromatic rings. The molecule has 1 saturated heterocycles. The highest BCUT2D eigenvalue weighted by atomic mass is 19.1. The summed E-state index contributed by atoms with van der Waals surface area (Å²) in [5.74, 6) is -0.213. The van der Waals surface area contributed by atoms with E-state index in [1.54, 1.807) is 0 Å². The summed E-state index contributed by atoms with van der Waals surface area (Å²) in [6.45, 7) is 7.14. The van der Waals surface area contributed by atoms with E-state index in [1.165, 1.54) is 12.1 Å². The zero-order chi connectivity index (χ0) is 17.6. The van der Waals surface area contributed by atoms with E-state index in [9.17, 15) is 9.18 Å². The fraction of sp³-hybridized carbons (Fsp3) is 0.350. The predicted molar refractivity (Wildman–Crippen MR) is 98.6 cm³/mol. The first-order chi connectivity index (χ1) is 12.1. The third-order valence-corrected chi connectivity index (χ3v) is 4.67. The Bertz CT molecular complexity index is 709. The number of nitrogens with one attached hydrogen (secondary N) is 1. The number of nitrogens with zero attached hydrogens (tertiary/aromatic N) is 2. The Balaban J connectivity index is 1.41. The van der Waals surface area contributed by atoms with Crippen LogP contribution in [-0.2, 0) is 0 Å². The largest absolute Gasteiger partial charge is 0.369 e. The van der Waals surface area contributed by atoms with Gasteiger partial charge in [-0.3, -0.25) is 9.69 Å². The minimum atomic E-state index is -0.202. The van der Waals surface area contributed by atoms with Crippen molar-refractivity contribution < 1.29 is 9.18 Å². The molecule has 1 heterocycles. The van der Waals surface area contributed by atoms with Crippen LogP contribution in [0.25, 0.3) is 0 Å². The summed E-state index contributed by atoms with van der Waals surface area (Å²) in [6, 6.07) is 14.3. The van der Waals surface area contributed by atoms with Gasteiger partial charge in [0, 0.05) is 50.5 Å². The molecule has 0 aliphatic carbocycles. The van der Waals surface area contributed by atoms with Crippen LogP contribution in [0.1, 0.15) is 15.9 Å². The van der Waals surface area contributed by atoms with Gasteiger partial charge in [0.15, 0.2) is 0 Å². The molecule has 1 aliphatic heterocycles. The minimum absolute atomic E-state index is 0.0111. The first-order valence-corrected chi connectivity index (χ1v) is 8.70. The van der Waals surface area contributed by atoms with Crippen molar-refractivity contribution in [3.63, 3.8) is 0 Å². The smallest absolute Gasteiger partial charge is 0.251 e. The maximum absolute atomic E-state index is 13.0. The number of amides is 1. The van der Waals surface area contributed by atoms with Crippen LogP contribution < -0.4 is 10.2 Å². The molecule has 0 unspecified atom stereocenters. The fourth-order valence-corrected chi connectivity index (χ4v) is 3.13. The molecule has 132 valence electrons. The van der Waals surface area contributed by atoms with Crippen molar-refractivity contribution in [1.82, 2.24) is 10.2 Å². The van der Waals surface area contributed by atoms with E-state index in [4.69, 9.17) is 0 Å². The minimum Gasteiger partial charge on any atom is -0.369 e. The van der Waals surface area contributed by atoms with Gasteiger partial charge in [-0.05, 0) is 42.8 Å². The Labute approximate surface area is 148 Å². The van der Waals surface area contributed by atoms with Crippen LogP contribution in [0.15, 0.2) is 48.5 Å². The van der Waals surface area contributed by atoms with Gasteiger partial charge in [-0.2, -0.15) is 0 Å². The van der Waals surface area contributed by atoms with Crippen molar-refractivity contribution in [3.8, 4) is 0 Å². The van der Waals surface area contributed by atoms with Crippen LogP contribution >= 0.6 is 0 Å². The second-order valence-corrected chi connectivity index (χ2v) is 6.38. The van der Waals surface area contributed by atoms with Crippen molar-refractivity contribution in [2.24, 2.45) is 0 Å². The third-order valence-electron chi connectivity index (χ3n) is 4.67. The SMILES string of the molecule is Cc1ccccc1C(=O)NCCN1CCN(c2ccc(F)cc2)CC1. The second kappa shape index (κ2) is 8.12. The van der Waals surface area contributed by atoms with Crippen LogP contribution in [0.4, 0.5) is 10.1 Å². The molecule has 0 atom stereocenters. The Hall–Kier alpha value is -2.40. The van der Waals surface area contributed by atoms with Gasteiger partial charge in [-0.15, -0.1) is 0 Å². The van der Waals surface area contributed by atoms with Crippen molar-refractivity contribution in [2.75, 3.05) is 44.2 Å². The van der Waals surface area contributed by atoms with E-state index in [0.29, 0.717) is 6.54 Å². The van der Waals surface area contributed by atoms with Crippen molar-refractivity contribution >= 4 is 11.6 Å². The van der Waals surface area contributed by atoms with Gasteiger partial charge in [0.1, 0.15) is 5.82 Å². The topological polar surface area (TPSA) is 35.6 Å². The van der Waals surface area contributed by atoms with Gasteiger partial charge in [0.2, 0.25) is 0 Å². The van der Waals surface area contributed by atoms with Crippen molar-refractivity contribution in [2.45, 2.75) is 6.92 Å². The number of carbonyl (C=O) groups excluding carboxylic acids is 1. The van der Waals surface area contributed by atoms with Gasteiger partial charge < -0.3 is 10.2 Å². The molecule has 5 heteroatoms. The highest BCUT2D eigenvalue weighted by Crippen LogP contribution is 2.16. The van der Waals surface area contributed by atoms with E-state index < -0.39 is 0 Å². The first kappa shape index (κ1) is 17.4. The number of benzene rings is 2. The molecule has 1 N–H and O–H groups in total. The molecule has 0 aromatic heterocycles.